The second kappa shape index (κ2) is 11.6. The van der Waals surface area contributed by atoms with Crippen LogP contribution in [0.5, 0.6) is 5.75 Å². The highest BCUT2D eigenvalue weighted by Crippen LogP contribution is 2.29. The van der Waals surface area contributed by atoms with Gasteiger partial charge in [0.2, 0.25) is 11.8 Å². The monoisotopic (exact) mass is 536 g/mol. The number of likely N-dealkylation sites (tertiary alicyclic amines) is 1. The van der Waals surface area contributed by atoms with Crippen LogP contribution in [-0.2, 0) is 35.5 Å². The highest BCUT2D eigenvalue weighted by Gasteiger charge is 2.35. The Morgan fingerprint density at radius 2 is 1.73 bits per heavy atom. The van der Waals surface area contributed by atoms with E-state index in [1.807, 2.05) is 48.7 Å². The lowest BCUT2D eigenvalue weighted by Gasteiger charge is -2.36. The average molecular weight is 537 g/mol. The third kappa shape index (κ3) is 5.75. The maximum atomic E-state index is 13.5. The van der Waals surface area contributed by atoms with E-state index in [-0.39, 0.29) is 23.7 Å². The van der Waals surface area contributed by atoms with Crippen LogP contribution in [-0.4, -0.2) is 41.9 Å². The molecular weight excluding hydrogens is 500 g/mol. The predicted molar refractivity (Wildman–Crippen MR) is 157 cm³/mol. The van der Waals surface area contributed by atoms with Crippen LogP contribution in [0.4, 0.5) is 5.69 Å². The number of H-pyrrole nitrogens is 1. The molecule has 206 valence electrons. The Morgan fingerprint density at radius 1 is 0.950 bits per heavy atom. The van der Waals surface area contributed by atoms with Gasteiger partial charge in [-0.25, -0.2) is 0 Å². The molecule has 4 aromatic rings. The molecule has 1 saturated heterocycles. The Kier molecular flexibility index (Phi) is 7.55. The number of hydrogen-bond acceptors (Lipinski definition) is 4. The molecule has 1 fully saturated rings. The number of rotatable bonds is 8. The topological polar surface area (TPSA) is 86.5 Å². The minimum absolute atomic E-state index is 0.0187. The van der Waals surface area contributed by atoms with Crippen molar-refractivity contribution in [3.05, 3.63) is 95.2 Å². The zero-order valence-corrected chi connectivity index (χ0v) is 22.9. The second-order valence-corrected chi connectivity index (χ2v) is 11.1. The molecular formula is C33H36N4O3. The van der Waals surface area contributed by atoms with E-state index >= 15 is 0 Å². The molecule has 0 saturated carbocycles. The average Bonchev–Trinajstić information content (AvgIpc) is 3.63. The lowest BCUT2D eigenvalue weighted by Crippen LogP contribution is -2.48. The van der Waals surface area contributed by atoms with Crippen molar-refractivity contribution in [1.82, 2.24) is 15.2 Å². The van der Waals surface area contributed by atoms with Crippen molar-refractivity contribution in [1.29, 1.82) is 0 Å². The number of aryl methyl sites for hydroxylation is 2. The zero-order chi connectivity index (χ0) is 27.5. The fraction of sp³-hybridized carbons (Fsp3) is 0.333. The van der Waals surface area contributed by atoms with E-state index in [9.17, 15) is 9.59 Å². The maximum absolute atomic E-state index is 13.5. The van der Waals surface area contributed by atoms with Crippen molar-refractivity contribution in [2.75, 3.05) is 25.5 Å². The Hall–Kier alpha value is -4.10. The van der Waals surface area contributed by atoms with Gasteiger partial charge in [-0.2, -0.15) is 0 Å². The Labute approximate surface area is 234 Å². The summed E-state index contributed by atoms with van der Waals surface area (Å²) >= 11 is 0. The number of nitrogens with zero attached hydrogens (tertiary/aromatic N) is 1. The Balaban J connectivity index is 1.17. The molecule has 7 heteroatoms. The number of amides is 2. The number of aromatic nitrogens is 1. The number of methoxy groups -OCH3 is 1. The summed E-state index contributed by atoms with van der Waals surface area (Å²) in [7, 11) is 1.64. The van der Waals surface area contributed by atoms with Crippen LogP contribution in [0.1, 0.15) is 35.1 Å². The standard InChI is InChI=1S/C33H36N4O3/c1-40-29-13-9-22(10-14-29)17-35-32(38)25-15-26(33(39)36-28-12-11-23-5-4-6-24(23)16-28)20-37(19-25)21-27-18-34-31-8-3-2-7-30(27)31/h2-3,7-14,16,18,25-26,34H,4-6,15,17,19-21H2,1H3,(H,35,38)(H,36,39)/t25-,26+/m0/s1. The number of ether oxygens (including phenoxy) is 1. The minimum atomic E-state index is -0.288. The largest absolute Gasteiger partial charge is 0.497 e. The number of carbonyl (C=O) groups excluding carboxylic acids is 2. The molecule has 1 aliphatic carbocycles. The molecule has 0 spiro atoms. The molecule has 1 aromatic heterocycles. The summed E-state index contributed by atoms with van der Waals surface area (Å²) in [5.74, 6) is 0.175. The normalized spacial score (nSPS) is 18.8. The molecule has 2 atom stereocenters. The lowest BCUT2D eigenvalue weighted by molar-refractivity contribution is -0.130. The number of anilines is 1. The molecule has 1 aliphatic heterocycles. The van der Waals surface area contributed by atoms with Crippen LogP contribution in [0.2, 0.25) is 0 Å². The van der Waals surface area contributed by atoms with Crippen LogP contribution < -0.4 is 15.4 Å². The summed E-state index contributed by atoms with van der Waals surface area (Å²) < 4.78 is 5.24. The van der Waals surface area contributed by atoms with Gasteiger partial charge < -0.3 is 20.4 Å². The number of aromatic amines is 1. The number of benzene rings is 3. The van der Waals surface area contributed by atoms with Crippen molar-refractivity contribution in [3.8, 4) is 5.75 Å². The molecule has 3 aromatic carbocycles. The third-order valence-electron chi connectivity index (χ3n) is 8.33. The number of piperidine rings is 1. The van der Waals surface area contributed by atoms with Gasteiger partial charge in [0.1, 0.15) is 5.75 Å². The van der Waals surface area contributed by atoms with Crippen LogP contribution in [0.25, 0.3) is 10.9 Å². The number of carbonyl (C=O) groups is 2. The van der Waals surface area contributed by atoms with Gasteiger partial charge in [0, 0.05) is 49.0 Å². The lowest BCUT2D eigenvalue weighted by atomic mass is 9.87. The first-order valence-electron chi connectivity index (χ1n) is 14.2. The van der Waals surface area contributed by atoms with E-state index < -0.39 is 0 Å². The quantitative estimate of drug-likeness (QED) is 0.294. The van der Waals surface area contributed by atoms with Crippen molar-refractivity contribution in [3.63, 3.8) is 0 Å². The van der Waals surface area contributed by atoms with E-state index in [0.717, 1.165) is 35.4 Å². The summed E-state index contributed by atoms with van der Waals surface area (Å²) in [6, 6.07) is 22.2. The molecule has 7 nitrogen and oxygen atoms in total. The summed E-state index contributed by atoms with van der Waals surface area (Å²) in [5, 5.41) is 7.45. The number of hydrogen-bond donors (Lipinski definition) is 3. The van der Waals surface area contributed by atoms with Gasteiger partial charge in [0.25, 0.3) is 0 Å². The SMILES string of the molecule is COc1ccc(CNC(=O)[C@H]2C[C@@H](C(=O)Nc3ccc4c(c3)CCC4)CN(Cc3c[nH]c4ccccc34)C2)cc1. The smallest absolute Gasteiger partial charge is 0.228 e. The van der Waals surface area contributed by atoms with Crippen LogP contribution in [0.3, 0.4) is 0 Å². The van der Waals surface area contributed by atoms with E-state index in [4.69, 9.17) is 4.74 Å². The molecule has 0 unspecified atom stereocenters. The molecule has 40 heavy (non-hydrogen) atoms. The predicted octanol–water partition coefficient (Wildman–Crippen LogP) is 5.06. The molecule has 2 aliphatic rings. The highest BCUT2D eigenvalue weighted by atomic mass is 16.5. The molecule has 3 N–H and O–H groups in total. The summed E-state index contributed by atoms with van der Waals surface area (Å²) in [4.78, 5) is 32.6. The molecule has 0 radical (unpaired) electrons. The van der Waals surface area contributed by atoms with Gasteiger partial charge >= 0.3 is 0 Å². The van der Waals surface area contributed by atoms with Crippen LogP contribution >= 0.6 is 0 Å². The second-order valence-electron chi connectivity index (χ2n) is 11.1. The van der Waals surface area contributed by atoms with Gasteiger partial charge in [0.05, 0.1) is 18.9 Å². The third-order valence-corrected chi connectivity index (χ3v) is 8.33. The van der Waals surface area contributed by atoms with Crippen molar-refractivity contribution in [2.45, 2.75) is 38.8 Å². The zero-order valence-electron chi connectivity index (χ0n) is 22.9. The first-order chi connectivity index (χ1) is 19.6. The summed E-state index contributed by atoms with van der Waals surface area (Å²) in [6.45, 7) is 2.33. The fourth-order valence-corrected chi connectivity index (χ4v) is 6.17. The number of fused-ring (bicyclic) bond motifs is 2. The van der Waals surface area contributed by atoms with E-state index in [1.54, 1.807) is 7.11 Å². The molecule has 6 rings (SSSR count). The first-order valence-corrected chi connectivity index (χ1v) is 14.2. The van der Waals surface area contributed by atoms with Crippen LogP contribution in [0.15, 0.2) is 72.9 Å². The van der Waals surface area contributed by atoms with Crippen LogP contribution in [0, 0.1) is 11.8 Å². The van der Waals surface area contributed by atoms with Crippen molar-refractivity contribution < 1.29 is 14.3 Å². The molecule has 0 bridgehead atoms. The Morgan fingerprint density at radius 3 is 2.55 bits per heavy atom. The minimum Gasteiger partial charge on any atom is -0.497 e. The van der Waals surface area contributed by atoms with Crippen molar-refractivity contribution >= 4 is 28.4 Å². The molecule has 2 heterocycles. The van der Waals surface area contributed by atoms with Crippen molar-refractivity contribution in [2.24, 2.45) is 11.8 Å². The highest BCUT2D eigenvalue weighted by molar-refractivity contribution is 5.93. The van der Waals surface area contributed by atoms with Gasteiger partial charge in [0.15, 0.2) is 0 Å². The van der Waals surface area contributed by atoms with Gasteiger partial charge in [-0.15, -0.1) is 0 Å². The van der Waals surface area contributed by atoms with Gasteiger partial charge in [-0.05, 0) is 78.3 Å². The first kappa shape index (κ1) is 26.1. The molecule has 2 amide bonds. The van der Waals surface area contributed by atoms with E-state index in [0.29, 0.717) is 32.6 Å². The van der Waals surface area contributed by atoms with Gasteiger partial charge in [-0.1, -0.05) is 36.4 Å². The van der Waals surface area contributed by atoms with E-state index in [1.165, 1.54) is 28.5 Å². The van der Waals surface area contributed by atoms with Gasteiger partial charge in [-0.3, -0.25) is 14.5 Å². The Bertz CT molecular complexity index is 1510. The fourth-order valence-electron chi connectivity index (χ4n) is 6.17. The maximum Gasteiger partial charge on any atom is 0.228 e. The van der Waals surface area contributed by atoms with E-state index in [2.05, 4.69) is 44.8 Å². The number of para-hydroxylation sites is 1. The summed E-state index contributed by atoms with van der Waals surface area (Å²) in [6.07, 6.45) is 5.92. The number of nitrogens with one attached hydrogen (secondary N) is 3. The summed E-state index contributed by atoms with van der Waals surface area (Å²) in [5.41, 5.74) is 6.83.